The average molecular weight is 360 g/mol. The SMILES string of the molecule is Cc1ccc(C(NC(=O)CC(C)NC(=O)C2CCCC2)C(=O)O)cc1C. The maximum absolute atomic E-state index is 12.3. The van der Waals surface area contributed by atoms with Gasteiger partial charge in [0.25, 0.3) is 0 Å². The lowest BCUT2D eigenvalue weighted by atomic mass is 10.0. The molecule has 2 unspecified atom stereocenters. The molecule has 3 N–H and O–H groups in total. The Bertz CT molecular complexity index is 680. The van der Waals surface area contributed by atoms with Gasteiger partial charge in [-0.1, -0.05) is 31.0 Å². The second-order valence-electron chi connectivity index (χ2n) is 7.28. The molecule has 1 fully saturated rings. The summed E-state index contributed by atoms with van der Waals surface area (Å²) in [5.41, 5.74) is 2.57. The number of hydrogen-bond acceptors (Lipinski definition) is 3. The van der Waals surface area contributed by atoms with Crippen molar-refractivity contribution in [1.29, 1.82) is 0 Å². The van der Waals surface area contributed by atoms with E-state index < -0.39 is 17.9 Å². The molecule has 6 heteroatoms. The maximum atomic E-state index is 12.3. The second-order valence-corrected chi connectivity index (χ2v) is 7.28. The van der Waals surface area contributed by atoms with Gasteiger partial charge in [-0.15, -0.1) is 0 Å². The van der Waals surface area contributed by atoms with Crippen LogP contribution in [0.2, 0.25) is 0 Å². The molecule has 1 aromatic carbocycles. The van der Waals surface area contributed by atoms with Gasteiger partial charge in [-0.3, -0.25) is 9.59 Å². The Morgan fingerprint density at radius 3 is 2.35 bits per heavy atom. The van der Waals surface area contributed by atoms with Gasteiger partial charge in [0.1, 0.15) is 0 Å². The van der Waals surface area contributed by atoms with Crippen molar-refractivity contribution >= 4 is 17.8 Å². The largest absolute Gasteiger partial charge is 0.479 e. The zero-order valence-corrected chi connectivity index (χ0v) is 15.7. The lowest BCUT2D eigenvalue weighted by Crippen LogP contribution is -2.41. The molecule has 0 spiro atoms. The number of carbonyl (C=O) groups excluding carboxylic acids is 2. The quantitative estimate of drug-likeness (QED) is 0.696. The number of rotatable bonds is 7. The Labute approximate surface area is 154 Å². The predicted octanol–water partition coefficient (Wildman–Crippen LogP) is 2.63. The summed E-state index contributed by atoms with van der Waals surface area (Å²) in [7, 11) is 0. The summed E-state index contributed by atoms with van der Waals surface area (Å²) in [6.45, 7) is 5.61. The number of aryl methyl sites for hydroxylation is 2. The highest BCUT2D eigenvalue weighted by Crippen LogP contribution is 2.25. The van der Waals surface area contributed by atoms with Crippen LogP contribution in [0.4, 0.5) is 0 Å². The van der Waals surface area contributed by atoms with Gasteiger partial charge in [0, 0.05) is 18.4 Å². The van der Waals surface area contributed by atoms with Crippen LogP contribution in [0.3, 0.4) is 0 Å². The van der Waals surface area contributed by atoms with Crippen molar-refractivity contribution in [1.82, 2.24) is 10.6 Å². The van der Waals surface area contributed by atoms with Crippen molar-refractivity contribution in [2.45, 2.75) is 65.0 Å². The molecule has 2 amide bonds. The third-order valence-electron chi connectivity index (χ3n) is 5.02. The summed E-state index contributed by atoms with van der Waals surface area (Å²) < 4.78 is 0. The molecule has 2 atom stereocenters. The molecule has 2 rings (SSSR count). The highest BCUT2D eigenvalue weighted by molar-refractivity contribution is 5.85. The van der Waals surface area contributed by atoms with E-state index in [1.807, 2.05) is 19.9 Å². The standard InChI is InChI=1S/C20H28N2O4/c1-12-8-9-16(10-13(12)2)18(20(25)26)22-17(23)11-14(3)21-19(24)15-6-4-5-7-15/h8-10,14-15,18H,4-7,11H2,1-3H3,(H,21,24)(H,22,23)(H,25,26). The van der Waals surface area contributed by atoms with Gasteiger partial charge in [-0.05, 0) is 50.3 Å². The number of carboxylic acids is 1. The van der Waals surface area contributed by atoms with Crippen molar-refractivity contribution in [3.63, 3.8) is 0 Å². The molecular weight excluding hydrogens is 332 g/mol. The van der Waals surface area contributed by atoms with Gasteiger partial charge < -0.3 is 15.7 Å². The number of amides is 2. The van der Waals surface area contributed by atoms with Crippen molar-refractivity contribution < 1.29 is 19.5 Å². The lowest BCUT2D eigenvalue weighted by molar-refractivity contribution is -0.142. The van der Waals surface area contributed by atoms with E-state index in [2.05, 4.69) is 10.6 Å². The van der Waals surface area contributed by atoms with E-state index in [1.165, 1.54) is 0 Å². The Balaban J connectivity index is 1.93. The monoisotopic (exact) mass is 360 g/mol. The fourth-order valence-corrected chi connectivity index (χ4v) is 3.33. The molecule has 0 aromatic heterocycles. The third-order valence-corrected chi connectivity index (χ3v) is 5.02. The van der Waals surface area contributed by atoms with Crippen LogP contribution < -0.4 is 10.6 Å². The van der Waals surface area contributed by atoms with Gasteiger partial charge in [0.05, 0.1) is 0 Å². The number of carboxylic acid groups (broad SMARTS) is 1. The molecule has 0 bridgehead atoms. The first-order valence-electron chi connectivity index (χ1n) is 9.17. The summed E-state index contributed by atoms with van der Waals surface area (Å²) in [6, 6.07) is 3.90. The van der Waals surface area contributed by atoms with E-state index in [0.717, 1.165) is 36.8 Å². The average Bonchev–Trinajstić information content (AvgIpc) is 3.09. The van der Waals surface area contributed by atoms with Gasteiger partial charge in [-0.25, -0.2) is 4.79 Å². The highest BCUT2D eigenvalue weighted by atomic mass is 16.4. The number of benzene rings is 1. The summed E-state index contributed by atoms with van der Waals surface area (Å²) in [4.78, 5) is 36.0. The fraction of sp³-hybridized carbons (Fsp3) is 0.550. The molecule has 0 heterocycles. The maximum Gasteiger partial charge on any atom is 0.330 e. The highest BCUT2D eigenvalue weighted by Gasteiger charge is 2.26. The third kappa shape index (κ3) is 5.31. The van der Waals surface area contributed by atoms with E-state index in [-0.39, 0.29) is 24.3 Å². The Kier molecular flexibility index (Phi) is 6.77. The molecule has 0 aliphatic heterocycles. The smallest absolute Gasteiger partial charge is 0.330 e. The fourth-order valence-electron chi connectivity index (χ4n) is 3.33. The van der Waals surface area contributed by atoms with Crippen molar-refractivity contribution in [3.05, 3.63) is 34.9 Å². The molecule has 6 nitrogen and oxygen atoms in total. The van der Waals surface area contributed by atoms with E-state index in [0.29, 0.717) is 5.56 Å². The summed E-state index contributed by atoms with van der Waals surface area (Å²) in [5.74, 6) is -1.46. The number of aliphatic carboxylic acids is 1. The Hall–Kier alpha value is -2.37. The minimum Gasteiger partial charge on any atom is -0.479 e. The van der Waals surface area contributed by atoms with Crippen LogP contribution in [0, 0.1) is 19.8 Å². The van der Waals surface area contributed by atoms with Gasteiger partial charge in [-0.2, -0.15) is 0 Å². The van der Waals surface area contributed by atoms with Gasteiger partial charge in [0.2, 0.25) is 11.8 Å². The Morgan fingerprint density at radius 1 is 1.12 bits per heavy atom. The van der Waals surface area contributed by atoms with Crippen molar-refractivity contribution in [3.8, 4) is 0 Å². The predicted molar refractivity (Wildman–Crippen MR) is 98.6 cm³/mol. The molecule has 1 aliphatic rings. The van der Waals surface area contributed by atoms with Crippen molar-refractivity contribution in [2.24, 2.45) is 5.92 Å². The van der Waals surface area contributed by atoms with Gasteiger partial charge in [0.15, 0.2) is 6.04 Å². The lowest BCUT2D eigenvalue weighted by Gasteiger charge is -2.19. The van der Waals surface area contributed by atoms with E-state index in [1.54, 1.807) is 19.1 Å². The molecular formula is C20H28N2O4. The molecule has 142 valence electrons. The van der Waals surface area contributed by atoms with Crippen molar-refractivity contribution in [2.75, 3.05) is 0 Å². The van der Waals surface area contributed by atoms with Crippen LogP contribution in [-0.2, 0) is 14.4 Å². The van der Waals surface area contributed by atoms with Crippen LogP contribution in [0.5, 0.6) is 0 Å². The van der Waals surface area contributed by atoms with E-state index >= 15 is 0 Å². The normalized spacial score (nSPS) is 16.7. The summed E-state index contributed by atoms with van der Waals surface area (Å²) in [6.07, 6.45) is 4.00. The second kappa shape index (κ2) is 8.83. The minimum atomic E-state index is -1.11. The first-order valence-corrected chi connectivity index (χ1v) is 9.17. The van der Waals surface area contributed by atoms with Crippen LogP contribution in [-0.4, -0.2) is 28.9 Å². The van der Waals surface area contributed by atoms with E-state index in [4.69, 9.17) is 0 Å². The molecule has 0 saturated heterocycles. The van der Waals surface area contributed by atoms with Crippen LogP contribution in [0.25, 0.3) is 0 Å². The first kappa shape index (κ1) is 19.9. The molecule has 1 aromatic rings. The zero-order valence-electron chi connectivity index (χ0n) is 15.7. The summed E-state index contributed by atoms with van der Waals surface area (Å²) >= 11 is 0. The number of hydrogen-bond donors (Lipinski definition) is 3. The van der Waals surface area contributed by atoms with Crippen LogP contribution >= 0.6 is 0 Å². The minimum absolute atomic E-state index is 0.00764. The number of carbonyl (C=O) groups is 3. The number of nitrogens with one attached hydrogen (secondary N) is 2. The Morgan fingerprint density at radius 2 is 1.77 bits per heavy atom. The van der Waals surface area contributed by atoms with Crippen LogP contribution in [0.15, 0.2) is 18.2 Å². The summed E-state index contributed by atoms with van der Waals surface area (Å²) in [5, 5.41) is 14.9. The van der Waals surface area contributed by atoms with E-state index in [9.17, 15) is 19.5 Å². The molecule has 1 aliphatic carbocycles. The molecule has 0 radical (unpaired) electrons. The zero-order chi connectivity index (χ0) is 19.3. The topological polar surface area (TPSA) is 95.5 Å². The molecule has 1 saturated carbocycles. The van der Waals surface area contributed by atoms with Gasteiger partial charge >= 0.3 is 5.97 Å². The first-order chi connectivity index (χ1) is 12.3. The van der Waals surface area contributed by atoms with Crippen LogP contribution in [0.1, 0.15) is 61.8 Å². The molecule has 26 heavy (non-hydrogen) atoms.